The van der Waals surface area contributed by atoms with Crippen LogP contribution in [0.15, 0.2) is 0 Å². The number of hydrogen-bond acceptors (Lipinski definition) is 4. The van der Waals surface area contributed by atoms with Crippen molar-refractivity contribution in [3.63, 3.8) is 0 Å². The van der Waals surface area contributed by atoms with E-state index in [0.29, 0.717) is 32.4 Å². The molecule has 6 nitrogen and oxygen atoms in total. The Morgan fingerprint density at radius 2 is 1.86 bits per heavy atom. The fourth-order valence-electron chi connectivity index (χ4n) is 2.15. The van der Waals surface area contributed by atoms with Gasteiger partial charge in [0.1, 0.15) is 5.60 Å². The van der Waals surface area contributed by atoms with Crippen LogP contribution in [-0.2, 0) is 14.8 Å². The molecule has 0 saturated carbocycles. The second kappa shape index (κ2) is 7.45. The first-order chi connectivity index (χ1) is 9.63. The lowest BCUT2D eigenvalue weighted by Crippen LogP contribution is -2.48. The molecule has 1 heterocycles. The van der Waals surface area contributed by atoms with Gasteiger partial charge in [-0.15, -0.1) is 0 Å². The van der Waals surface area contributed by atoms with Gasteiger partial charge in [0.2, 0.25) is 10.0 Å². The Kier molecular flexibility index (Phi) is 6.46. The summed E-state index contributed by atoms with van der Waals surface area (Å²) in [5, 5.41) is 0. The van der Waals surface area contributed by atoms with E-state index in [0.717, 1.165) is 6.42 Å². The summed E-state index contributed by atoms with van der Waals surface area (Å²) in [5.41, 5.74) is -0.504. The van der Waals surface area contributed by atoms with Crippen LogP contribution in [0.5, 0.6) is 0 Å². The molecule has 0 bridgehead atoms. The quantitative estimate of drug-likeness (QED) is 0.842. The van der Waals surface area contributed by atoms with Crippen molar-refractivity contribution in [2.45, 2.75) is 65.0 Å². The summed E-state index contributed by atoms with van der Waals surface area (Å²) < 4.78 is 31.7. The summed E-state index contributed by atoms with van der Waals surface area (Å²) in [7, 11) is -3.19. The zero-order valence-electron chi connectivity index (χ0n) is 13.5. The summed E-state index contributed by atoms with van der Waals surface area (Å²) in [6.07, 6.45) is 2.47. The van der Waals surface area contributed by atoms with E-state index in [1.807, 2.05) is 27.7 Å². The van der Waals surface area contributed by atoms with Gasteiger partial charge in [0.05, 0.1) is 5.75 Å². The van der Waals surface area contributed by atoms with Crippen molar-refractivity contribution >= 4 is 16.1 Å². The van der Waals surface area contributed by atoms with E-state index >= 15 is 0 Å². The standard InChI is InChI=1S/C14H28N2O4S/c1-5-6-11-21(18,19)15-12-7-9-16(10-8-12)13(17)20-14(2,3)4/h12,15H,5-11H2,1-4H3. The van der Waals surface area contributed by atoms with E-state index in [9.17, 15) is 13.2 Å². The van der Waals surface area contributed by atoms with E-state index in [-0.39, 0.29) is 17.9 Å². The van der Waals surface area contributed by atoms with Gasteiger partial charge < -0.3 is 9.64 Å². The minimum atomic E-state index is -3.19. The summed E-state index contributed by atoms with van der Waals surface area (Å²) >= 11 is 0. The molecule has 1 saturated heterocycles. The van der Waals surface area contributed by atoms with Crippen molar-refractivity contribution in [1.29, 1.82) is 0 Å². The van der Waals surface area contributed by atoms with Crippen LogP contribution in [0.2, 0.25) is 0 Å². The number of rotatable bonds is 5. The largest absolute Gasteiger partial charge is 0.444 e. The average Bonchev–Trinajstić information content (AvgIpc) is 2.35. The highest BCUT2D eigenvalue weighted by atomic mass is 32.2. The fraction of sp³-hybridized carbons (Fsp3) is 0.929. The third kappa shape index (κ3) is 7.13. The van der Waals surface area contributed by atoms with Crippen LogP contribution in [0, 0.1) is 0 Å². The van der Waals surface area contributed by atoms with Crippen molar-refractivity contribution in [1.82, 2.24) is 9.62 Å². The minimum absolute atomic E-state index is 0.0782. The molecule has 1 N–H and O–H groups in total. The maximum absolute atomic E-state index is 11.9. The summed E-state index contributed by atoms with van der Waals surface area (Å²) in [6.45, 7) is 8.51. The molecule has 0 aromatic rings. The van der Waals surface area contributed by atoms with Crippen molar-refractivity contribution in [3.05, 3.63) is 0 Å². The van der Waals surface area contributed by atoms with Gasteiger partial charge in [-0.1, -0.05) is 13.3 Å². The number of sulfonamides is 1. The molecular weight excluding hydrogens is 292 g/mol. The summed E-state index contributed by atoms with van der Waals surface area (Å²) in [6, 6.07) is -0.0782. The van der Waals surface area contributed by atoms with E-state index in [2.05, 4.69) is 4.72 Å². The van der Waals surface area contributed by atoms with E-state index < -0.39 is 15.6 Å². The molecule has 0 radical (unpaired) electrons. The van der Waals surface area contributed by atoms with E-state index in [4.69, 9.17) is 4.74 Å². The van der Waals surface area contributed by atoms with E-state index in [1.54, 1.807) is 4.90 Å². The van der Waals surface area contributed by atoms with Gasteiger partial charge >= 0.3 is 6.09 Å². The average molecular weight is 320 g/mol. The highest BCUT2D eigenvalue weighted by molar-refractivity contribution is 7.89. The maximum atomic E-state index is 11.9. The zero-order valence-corrected chi connectivity index (χ0v) is 14.3. The molecule has 124 valence electrons. The van der Waals surface area contributed by atoms with Crippen LogP contribution in [0.3, 0.4) is 0 Å². The van der Waals surface area contributed by atoms with Crippen LogP contribution in [0.4, 0.5) is 4.79 Å². The first-order valence-electron chi connectivity index (χ1n) is 7.61. The third-order valence-corrected chi connectivity index (χ3v) is 4.78. The third-order valence-electron chi connectivity index (χ3n) is 3.26. The molecular formula is C14H28N2O4S. The van der Waals surface area contributed by atoms with Crippen LogP contribution < -0.4 is 4.72 Å². The highest BCUT2D eigenvalue weighted by Gasteiger charge is 2.28. The predicted octanol–water partition coefficient (Wildman–Crippen LogP) is 2.11. The SMILES string of the molecule is CCCCS(=O)(=O)NC1CCN(C(=O)OC(C)(C)C)CC1. The molecule has 1 fully saturated rings. The minimum Gasteiger partial charge on any atom is -0.444 e. The molecule has 1 amide bonds. The van der Waals surface area contributed by atoms with Gasteiger partial charge in [0, 0.05) is 19.1 Å². The Morgan fingerprint density at radius 1 is 1.29 bits per heavy atom. The highest BCUT2D eigenvalue weighted by Crippen LogP contribution is 2.16. The Bertz CT molecular complexity index is 434. The number of carbonyl (C=O) groups excluding carboxylic acids is 1. The topological polar surface area (TPSA) is 75.7 Å². The smallest absolute Gasteiger partial charge is 0.410 e. The van der Waals surface area contributed by atoms with Gasteiger partial charge in [-0.25, -0.2) is 17.9 Å². The molecule has 0 atom stereocenters. The number of unbranched alkanes of at least 4 members (excludes halogenated alkanes) is 1. The van der Waals surface area contributed by atoms with Crippen LogP contribution in [-0.4, -0.2) is 49.9 Å². The lowest BCUT2D eigenvalue weighted by atomic mass is 10.1. The molecule has 0 aromatic heterocycles. The Morgan fingerprint density at radius 3 is 2.33 bits per heavy atom. The molecule has 7 heteroatoms. The lowest BCUT2D eigenvalue weighted by molar-refractivity contribution is 0.0204. The monoisotopic (exact) mass is 320 g/mol. The second-order valence-electron chi connectivity index (χ2n) is 6.53. The summed E-state index contributed by atoms with van der Waals surface area (Å²) in [4.78, 5) is 13.6. The zero-order chi connectivity index (χ0) is 16.1. The Balaban J connectivity index is 2.40. The molecule has 21 heavy (non-hydrogen) atoms. The van der Waals surface area contributed by atoms with Crippen LogP contribution >= 0.6 is 0 Å². The number of piperidine rings is 1. The number of nitrogens with zero attached hydrogens (tertiary/aromatic N) is 1. The molecule has 0 aliphatic carbocycles. The van der Waals surface area contributed by atoms with Crippen LogP contribution in [0.1, 0.15) is 53.4 Å². The summed E-state index contributed by atoms with van der Waals surface area (Å²) in [5.74, 6) is 0.176. The fourth-order valence-corrected chi connectivity index (χ4v) is 3.68. The normalized spacial score (nSPS) is 17.8. The number of ether oxygens (including phenoxy) is 1. The lowest BCUT2D eigenvalue weighted by Gasteiger charge is -2.33. The van der Waals surface area contributed by atoms with Gasteiger partial charge in [0.15, 0.2) is 0 Å². The number of amides is 1. The molecule has 1 aliphatic rings. The molecule has 0 spiro atoms. The molecule has 1 rings (SSSR count). The molecule has 1 aliphatic heterocycles. The second-order valence-corrected chi connectivity index (χ2v) is 8.41. The number of carbonyl (C=O) groups is 1. The van der Waals surface area contributed by atoms with Crippen molar-refractivity contribution < 1.29 is 17.9 Å². The van der Waals surface area contributed by atoms with Gasteiger partial charge in [0.25, 0.3) is 0 Å². The van der Waals surface area contributed by atoms with Crippen molar-refractivity contribution in [3.8, 4) is 0 Å². The van der Waals surface area contributed by atoms with Crippen molar-refractivity contribution in [2.75, 3.05) is 18.8 Å². The van der Waals surface area contributed by atoms with Crippen molar-refractivity contribution in [2.24, 2.45) is 0 Å². The Hall–Kier alpha value is -0.820. The number of hydrogen-bond donors (Lipinski definition) is 1. The van der Waals surface area contributed by atoms with Gasteiger partial charge in [-0.3, -0.25) is 0 Å². The first-order valence-corrected chi connectivity index (χ1v) is 9.26. The number of likely N-dealkylation sites (tertiary alicyclic amines) is 1. The van der Waals surface area contributed by atoms with E-state index in [1.165, 1.54) is 0 Å². The van der Waals surface area contributed by atoms with Gasteiger partial charge in [-0.2, -0.15) is 0 Å². The number of nitrogens with one attached hydrogen (secondary N) is 1. The van der Waals surface area contributed by atoms with Crippen LogP contribution in [0.25, 0.3) is 0 Å². The predicted molar refractivity (Wildman–Crippen MR) is 82.7 cm³/mol. The Labute approximate surface area is 128 Å². The molecule has 0 aromatic carbocycles. The molecule has 0 unspecified atom stereocenters. The van der Waals surface area contributed by atoms with Gasteiger partial charge in [-0.05, 0) is 40.0 Å². The first kappa shape index (κ1) is 18.2. The maximum Gasteiger partial charge on any atom is 0.410 e.